The Kier molecular flexibility index (Phi) is 3.42. The van der Waals surface area contributed by atoms with Crippen LogP contribution in [0.3, 0.4) is 0 Å². The van der Waals surface area contributed by atoms with E-state index in [-0.39, 0.29) is 0 Å². The van der Waals surface area contributed by atoms with Crippen LogP contribution in [0.1, 0.15) is 11.1 Å². The van der Waals surface area contributed by atoms with E-state index in [0.717, 1.165) is 5.56 Å². The topological polar surface area (TPSA) is 29.5 Å². The maximum absolute atomic E-state index is 8.22. The van der Waals surface area contributed by atoms with Crippen LogP contribution in [0.2, 0.25) is 0 Å². The Morgan fingerprint density at radius 2 is 2.17 bits per heavy atom. The van der Waals surface area contributed by atoms with Gasteiger partial charge in [-0.2, -0.15) is 0 Å². The minimum Gasteiger partial charge on any atom is -0.543 e. The van der Waals surface area contributed by atoms with Gasteiger partial charge < -0.3 is 9.68 Å². The van der Waals surface area contributed by atoms with Crippen molar-refractivity contribution >= 4 is 13.8 Å². The maximum atomic E-state index is 8.22. The van der Waals surface area contributed by atoms with Crippen LogP contribution < -0.4 is 0 Å². The second-order valence-corrected chi connectivity index (χ2v) is 2.40. The third kappa shape index (κ3) is 2.44. The van der Waals surface area contributed by atoms with Crippen LogP contribution in [0.25, 0.3) is 6.08 Å². The van der Waals surface area contributed by atoms with Crippen LogP contribution in [-0.4, -0.2) is 12.7 Å². The molecule has 1 aromatic rings. The van der Waals surface area contributed by atoms with Gasteiger partial charge in [-0.15, -0.1) is 0 Å². The average molecular weight is 161 g/mol. The van der Waals surface area contributed by atoms with Gasteiger partial charge in [-0.05, 0) is 24.1 Å². The van der Waals surface area contributed by atoms with Crippen molar-refractivity contribution in [2.45, 2.75) is 6.92 Å². The SMILES string of the molecule is Cc1ccccc1/C=C/O[B]O. The molecule has 0 unspecified atom stereocenters. The summed E-state index contributed by atoms with van der Waals surface area (Å²) in [6.07, 6.45) is 3.23. The number of rotatable bonds is 3. The summed E-state index contributed by atoms with van der Waals surface area (Å²) in [4.78, 5) is 0. The molecular formula is C9H10BO2. The Morgan fingerprint density at radius 1 is 1.42 bits per heavy atom. The van der Waals surface area contributed by atoms with Crippen LogP contribution in [0.5, 0.6) is 0 Å². The van der Waals surface area contributed by atoms with Crippen molar-refractivity contribution in [3.8, 4) is 0 Å². The summed E-state index contributed by atoms with van der Waals surface area (Å²) in [7, 11) is 0.648. The Hall–Kier alpha value is -1.22. The number of hydrogen-bond donors (Lipinski definition) is 1. The van der Waals surface area contributed by atoms with Crippen LogP contribution in [0.4, 0.5) is 0 Å². The van der Waals surface area contributed by atoms with Crippen molar-refractivity contribution in [1.29, 1.82) is 0 Å². The van der Waals surface area contributed by atoms with Crippen molar-refractivity contribution in [2.75, 3.05) is 0 Å². The van der Waals surface area contributed by atoms with Crippen LogP contribution in [-0.2, 0) is 4.65 Å². The fourth-order valence-electron chi connectivity index (χ4n) is 0.922. The zero-order valence-electron chi connectivity index (χ0n) is 6.90. The third-order valence-electron chi connectivity index (χ3n) is 1.58. The molecule has 0 aliphatic rings. The molecule has 0 fully saturated rings. The predicted octanol–water partition coefficient (Wildman–Crippen LogP) is 1.51. The monoisotopic (exact) mass is 161 g/mol. The smallest absolute Gasteiger partial charge is 0.543 e. The molecule has 0 atom stereocenters. The first-order chi connectivity index (χ1) is 5.84. The minimum absolute atomic E-state index is 0.648. The lowest BCUT2D eigenvalue weighted by atomic mass is 10.1. The van der Waals surface area contributed by atoms with Gasteiger partial charge in [-0.3, -0.25) is 0 Å². The van der Waals surface area contributed by atoms with E-state index in [2.05, 4.69) is 4.65 Å². The lowest BCUT2D eigenvalue weighted by Gasteiger charge is -1.97. The summed E-state index contributed by atoms with van der Waals surface area (Å²) >= 11 is 0. The molecule has 1 aromatic carbocycles. The molecule has 0 aliphatic heterocycles. The first-order valence-corrected chi connectivity index (χ1v) is 3.68. The van der Waals surface area contributed by atoms with E-state index < -0.39 is 0 Å². The highest BCUT2D eigenvalue weighted by molar-refractivity contribution is 6.16. The van der Waals surface area contributed by atoms with Gasteiger partial charge in [0.15, 0.2) is 0 Å². The quantitative estimate of drug-likeness (QED) is 0.537. The normalized spacial score (nSPS) is 10.2. The molecular weight excluding hydrogens is 151 g/mol. The zero-order chi connectivity index (χ0) is 8.81. The Morgan fingerprint density at radius 3 is 2.83 bits per heavy atom. The maximum Gasteiger partial charge on any atom is 0.569 e. The highest BCUT2D eigenvalue weighted by Crippen LogP contribution is 2.08. The van der Waals surface area contributed by atoms with Gasteiger partial charge in [0.2, 0.25) is 0 Å². The van der Waals surface area contributed by atoms with Crippen molar-refractivity contribution in [2.24, 2.45) is 0 Å². The summed E-state index contributed by atoms with van der Waals surface area (Å²) in [6.45, 7) is 2.02. The molecule has 0 bridgehead atoms. The first-order valence-electron chi connectivity index (χ1n) is 3.68. The molecule has 12 heavy (non-hydrogen) atoms. The van der Waals surface area contributed by atoms with Crippen molar-refractivity contribution in [3.63, 3.8) is 0 Å². The highest BCUT2D eigenvalue weighted by Gasteiger charge is 1.90. The lowest BCUT2D eigenvalue weighted by molar-refractivity contribution is 0.408. The minimum atomic E-state index is 0.648. The van der Waals surface area contributed by atoms with E-state index in [0.29, 0.717) is 7.69 Å². The largest absolute Gasteiger partial charge is 0.569 e. The van der Waals surface area contributed by atoms with E-state index in [1.807, 2.05) is 31.2 Å². The number of hydrogen-bond acceptors (Lipinski definition) is 2. The van der Waals surface area contributed by atoms with Crippen LogP contribution in [0.15, 0.2) is 30.5 Å². The van der Waals surface area contributed by atoms with E-state index in [1.54, 1.807) is 6.08 Å². The summed E-state index contributed by atoms with van der Waals surface area (Å²) in [5.41, 5.74) is 2.26. The summed E-state index contributed by atoms with van der Waals surface area (Å²) in [6, 6.07) is 7.93. The molecule has 0 aromatic heterocycles. The number of aryl methyl sites for hydroxylation is 1. The summed E-state index contributed by atoms with van der Waals surface area (Å²) in [5.74, 6) is 0. The second kappa shape index (κ2) is 4.62. The van der Waals surface area contributed by atoms with E-state index in [4.69, 9.17) is 5.02 Å². The van der Waals surface area contributed by atoms with Gasteiger partial charge in [-0.1, -0.05) is 24.3 Å². The molecule has 0 aliphatic carbocycles. The van der Waals surface area contributed by atoms with Gasteiger partial charge in [0.1, 0.15) is 0 Å². The first kappa shape index (κ1) is 8.88. The molecule has 0 heterocycles. The van der Waals surface area contributed by atoms with Crippen molar-refractivity contribution < 1.29 is 9.68 Å². The molecule has 2 nitrogen and oxygen atoms in total. The molecule has 1 radical (unpaired) electrons. The fourth-order valence-corrected chi connectivity index (χ4v) is 0.922. The zero-order valence-corrected chi connectivity index (χ0v) is 6.90. The lowest BCUT2D eigenvalue weighted by Crippen LogP contribution is -1.87. The Balaban J connectivity index is 2.68. The molecule has 1 rings (SSSR count). The van der Waals surface area contributed by atoms with E-state index >= 15 is 0 Å². The standard InChI is InChI=1S/C9H10BO2/c1-8-4-2-3-5-9(8)6-7-12-10-11/h2-7,11H,1H3/b7-6+. The van der Waals surface area contributed by atoms with Crippen LogP contribution in [0, 0.1) is 6.92 Å². The second-order valence-electron chi connectivity index (χ2n) is 2.40. The molecule has 0 spiro atoms. The third-order valence-corrected chi connectivity index (χ3v) is 1.58. The predicted molar refractivity (Wildman–Crippen MR) is 49.3 cm³/mol. The van der Waals surface area contributed by atoms with Gasteiger partial charge in [-0.25, -0.2) is 0 Å². The average Bonchev–Trinajstić information content (AvgIpc) is 2.09. The summed E-state index contributed by atoms with van der Waals surface area (Å²) in [5, 5.41) is 8.22. The van der Waals surface area contributed by atoms with Crippen LogP contribution >= 0.6 is 0 Å². The summed E-state index contributed by atoms with van der Waals surface area (Å²) < 4.78 is 4.54. The van der Waals surface area contributed by atoms with Gasteiger partial charge >= 0.3 is 7.69 Å². The van der Waals surface area contributed by atoms with Crippen molar-refractivity contribution in [3.05, 3.63) is 41.7 Å². The van der Waals surface area contributed by atoms with Crippen molar-refractivity contribution in [1.82, 2.24) is 0 Å². The van der Waals surface area contributed by atoms with E-state index in [1.165, 1.54) is 11.8 Å². The molecule has 0 saturated carbocycles. The fraction of sp³-hybridized carbons (Fsp3) is 0.111. The van der Waals surface area contributed by atoms with Gasteiger partial charge in [0.25, 0.3) is 0 Å². The molecule has 3 heteroatoms. The molecule has 0 saturated heterocycles. The molecule has 0 amide bonds. The highest BCUT2D eigenvalue weighted by atomic mass is 16.5. The molecule has 1 N–H and O–H groups in total. The van der Waals surface area contributed by atoms with E-state index in [9.17, 15) is 0 Å². The van der Waals surface area contributed by atoms with Gasteiger partial charge in [0.05, 0.1) is 6.26 Å². The van der Waals surface area contributed by atoms with Gasteiger partial charge in [0, 0.05) is 0 Å². The Labute approximate surface area is 72.8 Å². The molecule has 61 valence electrons. The number of benzene rings is 1. The Bertz CT molecular complexity index is 271.